The van der Waals surface area contributed by atoms with Gasteiger partial charge in [0.15, 0.2) is 0 Å². The van der Waals surface area contributed by atoms with Gasteiger partial charge in [-0.25, -0.2) is 4.39 Å². The molecule has 2 aromatic rings. The highest BCUT2D eigenvalue weighted by Gasteiger charge is 2.35. The molecule has 1 aliphatic rings. The maximum Gasteiger partial charge on any atom is 0.419 e. The molecule has 0 aromatic heterocycles. The molecule has 30 heavy (non-hydrogen) atoms. The molecule has 0 radical (unpaired) electrons. The molecule has 0 bridgehead atoms. The van der Waals surface area contributed by atoms with E-state index in [1.165, 1.54) is 10.5 Å². The molecule has 0 unspecified atom stereocenters. The molecule has 4 nitrogen and oxygen atoms in total. The van der Waals surface area contributed by atoms with Gasteiger partial charge in [0.05, 0.1) is 5.56 Å². The van der Waals surface area contributed by atoms with E-state index in [1.54, 1.807) is 4.90 Å². The number of piperazine rings is 1. The predicted molar refractivity (Wildman–Crippen MR) is 103 cm³/mol. The summed E-state index contributed by atoms with van der Waals surface area (Å²) in [6.45, 7) is 1.09. The van der Waals surface area contributed by atoms with Crippen molar-refractivity contribution in [1.82, 2.24) is 9.80 Å². The Kier molecular flexibility index (Phi) is 6.74. The molecular formula is C22H22F4N2O2. The maximum atomic E-state index is 13.4. The number of aryl methyl sites for hydroxylation is 1. The second kappa shape index (κ2) is 9.28. The molecule has 2 aromatic carbocycles. The van der Waals surface area contributed by atoms with Crippen LogP contribution in [0.3, 0.4) is 0 Å². The number of alkyl halides is 3. The average molecular weight is 422 g/mol. The predicted octanol–water partition coefficient (Wildman–Crippen LogP) is 4.15. The van der Waals surface area contributed by atoms with Crippen LogP contribution in [0.15, 0.2) is 48.5 Å². The van der Waals surface area contributed by atoms with Crippen LogP contribution in [0.1, 0.15) is 34.3 Å². The normalized spacial score (nSPS) is 14.7. The third-order valence-electron chi connectivity index (χ3n) is 5.14. The minimum atomic E-state index is -4.87. The van der Waals surface area contributed by atoms with Crippen molar-refractivity contribution in [2.75, 3.05) is 26.2 Å². The highest BCUT2D eigenvalue weighted by atomic mass is 19.4. The Morgan fingerprint density at radius 1 is 0.900 bits per heavy atom. The van der Waals surface area contributed by atoms with E-state index in [2.05, 4.69) is 0 Å². The van der Waals surface area contributed by atoms with Crippen LogP contribution < -0.4 is 0 Å². The number of hydrogen-bond donors (Lipinski definition) is 0. The first-order valence-electron chi connectivity index (χ1n) is 9.73. The first-order valence-corrected chi connectivity index (χ1v) is 9.73. The largest absolute Gasteiger partial charge is 0.419 e. The molecule has 2 amide bonds. The molecule has 0 spiro atoms. The highest BCUT2D eigenvalue weighted by Crippen LogP contribution is 2.32. The molecule has 1 saturated heterocycles. The smallest absolute Gasteiger partial charge is 0.339 e. The van der Waals surface area contributed by atoms with Crippen LogP contribution in [-0.4, -0.2) is 47.8 Å². The lowest BCUT2D eigenvalue weighted by Crippen LogP contribution is -2.50. The standard InChI is InChI=1S/C22H22F4N2O2/c23-19-10-9-17(15-18(19)22(24,25)26)21(30)28-13-11-27(12-14-28)20(29)8-4-7-16-5-2-1-3-6-16/h1-3,5-6,9-10,15H,4,7-8,11-14H2. The monoisotopic (exact) mass is 422 g/mol. The van der Waals surface area contributed by atoms with Gasteiger partial charge in [-0.15, -0.1) is 0 Å². The fraction of sp³-hybridized carbons (Fsp3) is 0.364. The number of benzene rings is 2. The molecule has 0 N–H and O–H groups in total. The van der Waals surface area contributed by atoms with E-state index in [9.17, 15) is 27.2 Å². The van der Waals surface area contributed by atoms with Crippen molar-refractivity contribution in [2.45, 2.75) is 25.4 Å². The Morgan fingerprint density at radius 3 is 2.17 bits per heavy atom. The second-order valence-electron chi connectivity index (χ2n) is 7.20. The van der Waals surface area contributed by atoms with E-state index in [1.807, 2.05) is 30.3 Å². The first kappa shape index (κ1) is 21.8. The Balaban J connectivity index is 1.51. The molecule has 8 heteroatoms. The van der Waals surface area contributed by atoms with Crippen LogP contribution in [0, 0.1) is 5.82 Å². The van der Waals surface area contributed by atoms with Crippen molar-refractivity contribution in [3.8, 4) is 0 Å². The summed E-state index contributed by atoms with van der Waals surface area (Å²) in [5.41, 5.74) is -0.509. The topological polar surface area (TPSA) is 40.6 Å². The van der Waals surface area contributed by atoms with Crippen molar-refractivity contribution >= 4 is 11.8 Å². The summed E-state index contributed by atoms with van der Waals surface area (Å²) < 4.78 is 52.1. The third kappa shape index (κ3) is 5.37. The van der Waals surface area contributed by atoms with Gasteiger partial charge in [-0.1, -0.05) is 30.3 Å². The number of halogens is 4. The van der Waals surface area contributed by atoms with Gasteiger partial charge in [-0.2, -0.15) is 13.2 Å². The number of hydrogen-bond acceptors (Lipinski definition) is 2. The van der Waals surface area contributed by atoms with E-state index in [0.29, 0.717) is 31.6 Å². The van der Waals surface area contributed by atoms with Crippen LogP contribution >= 0.6 is 0 Å². The van der Waals surface area contributed by atoms with Gasteiger partial charge in [0.25, 0.3) is 5.91 Å². The fourth-order valence-corrected chi connectivity index (χ4v) is 3.46. The van der Waals surface area contributed by atoms with Crippen molar-refractivity contribution in [3.05, 3.63) is 71.0 Å². The molecule has 1 heterocycles. The minimum absolute atomic E-state index is 0.000769. The number of nitrogens with zero attached hydrogens (tertiary/aromatic N) is 2. The lowest BCUT2D eigenvalue weighted by atomic mass is 10.1. The van der Waals surface area contributed by atoms with Crippen LogP contribution in [-0.2, 0) is 17.4 Å². The van der Waals surface area contributed by atoms with E-state index in [4.69, 9.17) is 0 Å². The highest BCUT2D eigenvalue weighted by molar-refractivity contribution is 5.94. The van der Waals surface area contributed by atoms with Gasteiger partial charge in [-0.3, -0.25) is 9.59 Å². The Bertz CT molecular complexity index is 892. The SMILES string of the molecule is O=C(CCCc1ccccc1)N1CCN(C(=O)c2ccc(F)c(C(F)(F)F)c2)CC1. The number of rotatable bonds is 5. The molecule has 1 fully saturated rings. The molecular weight excluding hydrogens is 400 g/mol. The van der Waals surface area contributed by atoms with Gasteiger partial charge < -0.3 is 9.80 Å². The quantitative estimate of drug-likeness (QED) is 0.680. The fourth-order valence-electron chi connectivity index (χ4n) is 3.46. The number of carbonyl (C=O) groups excluding carboxylic acids is 2. The van der Waals surface area contributed by atoms with Gasteiger partial charge in [0.1, 0.15) is 5.82 Å². The van der Waals surface area contributed by atoms with Crippen molar-refractivity contribution in [2.24, 2.45) is 0 Å². The van der Waals surface area contributed by atoms with E-state index in [0.717, 1.165) is 18.9 Å². The van der Waals surface area contributed by atoms with E-state index in [-0.39, 0.29) is 24.6 Å². The molecule has 0 aliphatic carbocycles. The summed E-state index contributed by atoms with van der Waals surface area (Å²) in [5.74, 6) is -2.01. The van der Waals surface area contributed by atoms with Crippen LogP contribution in [0.2, 0.25) is 0 Å². The zero-order valence-electron chi connectivity index (χ0n) is 16.3. The summed E-state index contributed by atoms with van der Waals surface area (Å²) in [5, 5.41) is 0. The minimum Gasteiger partial charge on any atom is -0.339 e. The Hall–Kier alpha value is -2.90. The molecule has 3 rings (SSSR count). The second-order valence-corrected chi connectivity index (χ2v) is 7.20. The van der Waals surface area contributed by atoms with Crippen LogP contribution in [0.5, 0.6) is 0 Å². The summed E-state index contributed by atoms with van der Waals surface area (Å²) in [6.07, 6.45) is -2.95. The Labute approximate surface area is 172 Å². The van der Waals surface area contributed by atoms with E-state index >= 15 is 0 Å². The summed E-state index contributed by atoms with van der Waals surface area (Å²) in [4.78, 5) is 28.0. The lowest BCUT2D eigenvalue weighted by Gasteiger charge is -2.35. The number of amides is 2. The van der Waals surface area contributed by atoms with Gasteiger partial charge in [0, 0.05) is 38.2 Å². The zero-order valence-corrected chi connectivity index (χ0v) is 16.3. The van der Waals surface area contributed by atoms with Gasteiger partial charge in [-0.05, 0) is 36.6 Å². The molecule has 0 atom stereocenters. The van der Waals surface area contributed by atoms with Crippen molar-refractivity contribution in [3.63, 3.8) is 0 Å². The lowest BCUT2D eigenvalue weighted by molar-refractivity contribution is -0.140. The first-order chi connectivity index (χ1) is 14.3. The number of carbonyl (C=O) groups is 2. The Morgan fingerprint density at radius 2 is 1.53 bits per heavy atom. The summed E-state index contributed by atoms with van der Waals surface area (Å²) in [7, 11) is 0. The molecule has 0 saturated carbocycles. The molecule has 160 valence electrons. The van der Waals surface area contributed by atoms with Crippen molar-refractivity contribution < 1.29 is 27.2 Å². The summed E-state index contributed by atoms with van der Waals surface area (Å²) >= 11 is 0. The molecule has 1 aliphatic heterocycles. The maximum absolute atomic E-state index is 13.4. The van der Waals surface area contributed by atoms with Gasteiger partial charge >= 0.3 is 6.18 Å². The average Bonchev–Trinajstić information content (AvgIpc) is 2.73. The van der Waals surface area contributed by atoms with Crippen molar-refractivity contribution in [1.29, 1.82) is 0 Å². The van der Waals surface area contributed by atoms with E-state index < -0.39 is 23.5 Å². The van der Waals surface area contributed by atoms with Crippen LogP contribution in [0.4, 0.5) is 17.6 Å². The van der Waals surface area contributed by atoms with Gasteiger partial charge in [0.2, 0.25) is 5.91 Å². The zero-order chi connectivity index (χ0) is 21.7. The summed E-state index contributed by atoms with van der Waals surface area (Å²) in [6, 6.07) is 12.1. The third-order valence-corrected chi connectivity index (χ3v) is 5.14. The van der Waals surface area contributed by atoms with Crippen LogP contribution in [0.25, 0.3) is 0 Å².